The highest BCUT2D eigenvalue weighted by Crippen LogP contribution is 2.27. The number of phenols is 1. The number of nitrogens with one attached hydrogen (secondary N) is 1. The number of rotatable bonds is 2. The van der Waals surface area contributed by atoms with E-state index in [2.05, 4.69) is 10.3 Å². The number of benzene rings is 2. The number of hydrogen-bond acceptors (Lipinski definition) is 3. The van der Waals surface area contributed by atoms with Crippen LogP contribution in [0.1, 0.15) is 16.1 Å². The molecule has 0 fully saturated rings. The van der Waals surface area contributed by atoms with E-state index in [1.165, 1.54) is 0 Å². The van der Waals surface area contributed by atoms with Gasteiger partial charge in [-0.15, -0.1) is 0 Å². The zero-order chi connectivity index (χ0) is 16.6. The van der Waals surface area contributed by atoms with Crippen molar-refractivity contribution < 1.29 is 18.7 Å². The van der Waals surface area contributed by atoms with Crippen molar-refractivity contribution in [2.24, 2.45) is 0 Å². The highest BCUT2D eigenvalue weighted by Gasteiger charge is 2.15. The van der Waals surface area contributed by atoms with Crippen LogP contribution in [0.25, 0.3) is 10.9 Å². The van der Waals surface area contributed by atoms with Gasteiger partial charge in [-0.25, -0.2) is 8.78 Å². The molecular weight excluding hydrogens is 302 g/mol. The molecular formula is C17H12F2N2O2. The highest BCUT2D eigenvalue weighted by molar-refractivity contribution is 6.06. The van der Waals surface area contributed by atoms with E-state index in [4.69, 9.17) is 0 Å². The van der Waals surface area contributed by atoms with E-state index in [1.54, 1.807) is 18.2 Å². The lowest BCUT2D eigenvalue weighted by Crippen LogP contribution is -2.13. The predicted molar refractivity (Wildman–Crippen MR) is 82.5 cm³/mol. The van der Waals surface area contributed by atoms with E-state index < -0.39 is 23.3 Å². The summed E-state index contributed by atoms with van der Waals surface area (Å²) in [6, 6.07) is 10.5. The number of phenolic OH excluding ortho intramolecular Hbond substituents is 1. The molecule has 3 rings (SSSR count). The lowest BCUT2D eigenvalue weighted by atomic mass is 10.1. The second-order valence-electron chi connectivity index (χ2n) is 5.07. The first-order chi connectivity index (χ1) is 11.0. The summed E-state index contributed by atoms with van der Waals surface area (Å²) in [6.45, 7) is 1.86. The molecule has 2 aromatic carbocycles. The zero-order valence-electron chi connectivity index (χ0n) is 12.1. The van der Waals surface area contributed by atoms with Crippen LogP contribution in [0.5, 0.6) is 5.75 Å². The molecule has 0 saturated carbocycles. The summed E-state index contributed by atoms with van der Waals surface area (Å²) in [7, 11) is 0. The second kappa shape index (κ2) is 5.64. The minimum atomic E-state index is -1.21. The molecule has 0 radical (unpaired) electrons. The molecule has 3 aromatic rings. The van der Waals surface area contributed by atoms with Crippen molar-refractivity contribution in [1.29, 1.82) is 0 Å². The third-order valence-electron chi connectivity index (χ3n) is 3.41. The van der Waals surface area contributed by atoms with E-state index in [0.29, 0.717) is 5.56 Å². The molecule has 2 N–H and O–H groups in total. The van der Waals surface area contributed by atoms with Gasteiger partial charge in [-0.3, -0.25) is 9.78 Å². The van der Waals surface area contributed by atoms with Crippen LogP contribution in [0, 0.1) is 18.6 Å². The summed E-state index contributed by atoms with van der Waals surface area (Å²) in [5.41, 5.74) is 1.60. The fraction of sp³-hybridized carbons (Fsp3) is 0.0588. The Bertz CT molecular complexity index is 926. The van der Waals surface area contributed by atoms with Gasteiger partial charge >= 0.3 is 0 Å². The molecule has 0 aliphatic rings. The zero-order valence-corrected chi connectivity index (χ0v) is 12.1. The Morgan fingerprint density at radius 1 is 1.13 bits per heavy atom. The second-order valence-corrected chi connectivity index (χ2v) is 5.07. The van der Waals surface area contributed by atoms with Crippen LogP contribution in [0.4, 0.5) is 14.5 Å². The molecule has 0 aliphatic carbocycles. The number of halogens is 2. The van der Waals surface area contributed by atoms with Crippen molar-refractivity contribution in [3.8, 4) is 5.75 Å². The van der Waals surface area contributed by atoms with Gasteiger partial charge in [0.2, 0.25) is 0 Å². The standard InChI is InChI=1S/C17H12F2N2O2/c1-9-2-3-10-8-11(4-6-13(10)20-9)17(23)21-14-7-5-12(18)16(22)15(14)19/h2-8,22H,1H3,(H,21,23). The van der Waals surface area contributed by atoms with Gasteiger partial charge in [0.05, 0.1) is 11.2 Å². The van der Waals surface area contributed by atoms with E-state index in [-0.39, 0.29) is 5.69 Å². The average molecular weight is 314 g/mol. The van der Waals surface area contributed by atoms with Gasteiger partial charge in [-0.2, -0.15) is 0 Å². The van der Waals surface area contributed by atoms with Crippen molar-refractivity contribution in [2.75, 3.05) is 5.32 Å². The van der Waals surface area contributed by atoms with Crippen molar-refractivity contribution in [3.63, 3.8) is 0 Å². The van der Waals surface area contributed by atoms with Crippen LogP contribution in [-0.2, 0) is 0 Å². The van der Waals surface area contributed by atoms with E-state index in [0.717, 1.165) is 28.7 Å². The Kier molecular flexibility index (Phi) is 3.65. The maximum atomic E-state index is 13.7. The summed E-state index contributed by atoms with van der Waals surface area (Å²) in [6.07, 6.45) is 0. The molecule has 4 nitrogen and oxygen atoms in total. The lowest BCUT2D eigenvalue weighted by Gasteiger charge is -2.08. The predicted octanol–water partition coefficient (Wildman–Crippen LogP) is 3.78. The number of anilines is 1. The number of aryl methyl sites for hydroxylation is 1. The number of pyridine rings is 1. The Morgan fingerprint density at radius 2 is 1.91 bits per heavy atom. The van der Waals surface area contributed by atoms with Crippen molar-refractivity contribution in [3.05, 3.63) is 65.4 Å². The third-order valence-corrected chi connectivity index (χ3v) is 3.41. The molecule has 23 heavy (non-hydrogen) atoms. The molecule has 0 spiro atoms. The maximum Gasteiger partial charge on any atom is 0.255 e. The van der Waals surface area contributed by atoms with Gasteiger partial charge < -0.3 is 10.4 Å². The first-order valence-electron chi connectivity index (χ1n) is 6.81. The molecule has 1 aromatic heterocycles. The normalized spacial score (nSPS) is 10.7. The van der Waals surface area contributed by atoms with Crippen LogP contribution in [0.15, 0.2) is 42.5 Å². The molecule has 1 heterocycles. The van der Waals surface area contributed by atoms with Gasteiger partial charge in [0.1, 0.15) is 0 Å². The molecule has 0 bridgehead atoms. The van der Waals surface area contributed by atoms with E-state index in [1.807, 2.05) is 19.1 Å². The van der Waals surface area contributed by atoms with Crippen molar-refractivity contribution in [2.45, 2.75) is 6.92 Å². The Balaban J connectivity index is 1.92. The topological polar surface area (TPSA) is 62.2 Å². The minimum Gasteiger partial charge on any atom is -0.503 e. The van der Waals surface area contributed by atoms with Gasteiger partial charge in [-0.1, -0.05) is 6.07 Å². The van der Waals surface area contributed by atoms with Gasteiger partial charge in [0.15, 0.2) is 17.4 Å². The number of amides is 1. The molecule has 6 heteroatoms. The summed E-state index contributed by atoms with van der Waals surface area (Å²) >= 11 is 0. The van der Waals surface area contributed by atoms with Crippen LogP contribution in [0.3, 0.4) is 0 Å². The number of aromatic nitrogens is 1. The SMILES string of the molecule is Cc1ccc2cc(C(=O)Nc3ccc(F)c(O)c3F)ccc2n1. The lowest BCUT2D eigenvalue weighted by molar-refractivity contribution is 0.102. The number of hydrogen-bond donors (Lipinski definition) is 2. The minimum absolute atomic E-state index is 0.295. The van der Waals surface area contributed by atoms with Crippen molar-refractivity contribution in [1.82, 2.24) is 4.98 Å². The molecule has 0 saturated heterocycles. The van der Waals surface area contributed by atoms with Crippen LogP contribution >= 0.6 is 0 Å². The van der Waals surface area contributed by atoms with E-state index >= 15 is 0 Å². The largest absolute Gasteiger partial charge is 0.503 e. The summed E-state index contributed by atoms with van der Waals surface area (Å²) < 4.78 is 26.7. The van der Waals surface area contributed by atoms with Crippen LogP contribution in [-0.4, -0.2) is 16.0 Å². The van der Waals surface area contributed by atoms with E-state index in [9.17, 15) is 18.7 Å². The van der Waals surface area contributed by atoms with Gasteiger partial charge in [0, 0.05) is 16.6 Å². The molecule has 0 unspecified atom stereocenters. The Morgan fingerprint density at radius 3 is 2.70 bits per heavy atom. The quantitative estimate of drug-likeness (QED) is 0.756. The number of carbonyl (C=O) groups excluding carboxylic acids is 1. The summed E-state index contributed by atoms with van der Waals surface area (Å²) in [4.78, 5) is 16.5. The maximum absolute atomic E-state index is 13.7. The number of aromatic hydroxyl groups is 1. The average Bonchev–Trinajstić information content (AvgIpc) is 2.54. The molecule has 116 valence electrons. The first kappa shape index (κ1) is 14.9. The fourth-order valence-electron chi connectivity index (χ4n) is 2.20. The summed E-state index contributed by atoms with van der Waals surface area (Å²) in [5.74, 6) is -4.00. The first-order valence-corrected chi connectivity index (χ1v) is 6.81. The smallest absolute Gasteiger partial charge is 0.255 e. The Hall–Kier alpha value is -3.02. The number of fused-ring (bicyclic) bond motifs is 1. The van der Waals surface area contributed by atoms with Gasteiger partial charge in [-0.05, 0) is 43.3 Å². The molecule has 0 atom stereocenters. The molecule has 1 amide bonds. The van der Waals surface area contributed by atoms with Crippen LogP contribution in [0.2, 0.25) is 0 Å². The highest BCUT2D eigenvalue weighted by atomic mass is 19.1. The monoisotopic (exact) mass is 314 g/mol. The van der Waals surface area contributed by atoms with Crippen molar-refractivity contribution >= 4 is 22.5 Å². The van der Waals surface area contributed by atoms with Crippen LogP contribution < -0.4 is 5.32 Å². The Labute approximate surface area is 130 Å². The number of carbonyl (C=O) groups is 1. The third kappa shape index (κ3) is 2.83. The number of nitrogens with zero attached hydrogens (tertiary/aromatic N) is 1. The fourth-order valence-corrected chi connectivity index (χ4v) is 2.20. The molecule has 0 aliphatic heterocycles. The summed E-state index contributed by atoms with van der Waals surface area (Å²) in [5, 5.41) is 12.3. The van der Waals surface area contributed by atoms with Gasteiger partial charge in [0.25, 0.3) is 5.91 Å².